The van der Waals surface area contributed by atoms with Gasteiger partial charge in [-0.15, -0.1) is 0 Å². The SMILES string of the molecule is CC(C)C(=O)N1CCc2cc(C(=O)C(Br)C(C)C)ccc21. The van der Waals surface area contributed by atoms with Gasteiger partial charge in [-0.25, -0.2) is 0 Å². The number of anilines is 1. The molecule has 1 atom stereocenters. The Hall–Kier alpha value is -1.16. The average Bonchev–Trinajstić information content (AvgIpc) is 2.87. The van der Waals surface area contributed by atoms with Crippen LogP contribution in [0.2, 0.25) is 0 Å². The fourth-order valence-corrected chi connectivity index (χ4v) is 2.82. The van der Waals surface area contributed by atoms with Gasteiger partial charge in [-0.1, -0.05) is 43.6 Å². The fraction of sp³-hybridized carbons (Fsp3) is 0.529. The number of alkyl halides is 1. The summed E-state index contributed by atoms with van der Waals surface area (Å²) in [7, 11) is 0. The number of carbonyl (C=O) groups is 2. The summed E-state index contributed by atoms with van der Waals surface area (Å²) >= 11 is 3.47. The van der Waals surface area contributed by atoms with Crippen molar-refractivity contribution in [3.63, 3.8) is 0 Å². The van der Waals surface area contributed by atoms with Gasteiger partial charge in [-0.3, -0.25) is 9.59 Å². The maximum atomic E-state index is 12.4. The van der Waals surface area contributed by atoms with E-state index in [0.29, 0.717) is 6.54 Å². The minimum absolute atomic E-state index is 0.00915. The van der Waals surface area contributed by atoms with E-state index in [0.717, 1.165) is 23.2 Å². The summed E-state index contributed by atoms with van der Waals surface area (Å²) in [6.45, 7) is 8.58. The predicted octanol–water partition coefficient (Wildman–Crippen LogP) is 3.83. The lowest BCUT2D eigenvalue weighted by molar-refractivity contribution is -0.121. The number of hydrogen-bond donors (Lipinski definition) is 0. The minimum atomic E-state index is -0.162. The van der Waals surface area contributed by atoms with Gasteiger partial charge in [0.2, 0.25) is 5.91 Å². The third kappa shape index (κ3) is 3.20. The zero-order valence-corrected chi connectivity index (χ0v) is 14.6. The lowest BCUT2D eigenvalue weighted by Gasteiger charge is -2.20. The van der Waals surface area contributed by atoms with Gasteiger partial charge in [0.05, 0.1) is 4.83 Å². The van der Waals surface area contributed by atoms with E-state index >= 15 is 0 Å². The van der Waals surface area contributed by atoms with Gasteiger partial charge in [0.1, 0.15) is 0 Å². The van der Waals surface area contributed by atoms with Gasteiger partial charge in [-0.05, 0) is 36.1 Å². The largest absolute Gasteiger partial charge is 0.312 e. The first-order valence-corrected chi connectivity index (χ1v) is 8.37. The van der Waals surface area contributed by atoms with E-state index in [2.05, 4.69) is 15.9 Å². The summed E-state index contributed by atoms with van der Waals surface area (Å²) in [6.07, 6.45) is 0.823. The van der Waals surface area contributed by atoms with Gasteiger partial charge in [0.15, 0.2) is 5.78 Å². The summed E-state index contributed by atoms with van der Waals surface area (Å²) in [6, 6.07) is 5.70. The molecule has 0 spiro atoms. The molecule has 0 aromatic heterocycles. The Balaban J connectivity index is 2.26. The van der Waals surface area contributed by atoms with Crippen LogP contribution in [0, 0.1) is 11.8 Å². The number of carbonyl (C=O) groups excluding carboxylic acids is 2. The molecule has 0 saturated heterocycles. The number of halogens is 1. The summed E-state index contributed by atoms with van der Waals surface area (Å²) in [5.74, 6) is 0.504. The molecule has 0 saturated carbocycles. The van der Waals surface area contributed by atoms with Crippen molar-refractivity contribution in [2.45, 2.75) is 38.9 Å². The standard InChI is InChI=1S/C17H22BrNO2/c1-10(2)15(18)16(20)13-5-6-14-12(9-13)7-8-19(14)17(21)11(3)4/h5-6,9-11,15H,7-8H2,1-4H3. The Morgan fingerprint density at radius 1 is 1.19 bits per heavy atom. The third-order valence-corrected chi connectivity index (χ3v) is 5.33. The fourth-order valence-electron chi connectivity index (χ4n) is 2.56. The number of Topliss-reactive ketones (excluding diaryl/α,β-unsaturated/α-hetero) is 1. The molecule has 1 heterocycles. The number of benzene rings is 1. The summed E-state index contributed by atoms with van der Waals surface area (Å²) in [5, 5.41) is 0. The van der Waals surface area contributed by atoms with Crippen molar-refractivity contribution in [1.82, 2.24) is 0 Å². The molecule has 114 valence electrons. The summed E-state index contributed by atoms with van der Waals surface area (Å²) in [5.41, 5.74) is 2.78. The van der Waals surface area contributed by atoms with E-state index < -0.39 is 0 Å². The highest BCUT2D eigenvalue weighted by atomic mass is 79.9. The van der Waals surface area contributed by atoms with Crippen LogP contribution in [0.15, 0.2) is 18.2 Å². The van der Waals surface area contributed by atoms with Crippen LogP contribution in [-0.2, 0) is 11.2 Å². The Morgan fingerprint density at radius 3 is 2.43 bits per heavy atom. The number of hydrogen-bond acceptors (Lipinski definition) is 2. The van der Waals surface area contributed by atoms with Crippen molar-refractivity contribution < 1.29 is 9.59 Å². The highest BCUT2D eigenvalue weighted by Crippen LogP contribution is 2.31. The first-order chi connectivity index (χ1) is 9.82. The van der Waals surface area contributed by atoms with Crippen LogP contribution in [0.25, 0.3) is 0 Å². The highest BCUT2D eigenvalue weighted by Gasteiger charge is 2.28. The van der Waals surface area contributed by atoms with Gasteiger partial charge < -0.3 is 4.90 Å². The maximum absolute atomic E-state index is 12.4. The molecule has 4 heteroatoms. The third-order valence-electron chi connectivity index (χ3n) is 3.86. The van der Waals surface area contributed by atoms with Crippen LogP contribution in [0.4, 0.5) is 5.69 Å². The zero-order valence-electron chi connectivity index (χ0n) is 13.0. The van der Waals surface area contributed by atoms with Crippen LogP contribution < -0.4 is 4.90 Å². The molecule has 3 nitrogen and oxygen atoms in total. The summed E-state index contributed by atoms with van der Waals surface area (Å²) < 4.78 is 0. The number of amides is 1. The molecule has 1 aliphatic heterocycles. The van der Waals surface area contributed by atoms with Crippen molar-refractivity contribution in [1.29, 1.82) is 0 Å². The number of fused-ring (bicyclic) bond motifs is 1. The molecule has 2 rings (SSSR count). The quantitative estimate of drug-likeness (QED) is 0.610. The minimum Gasteiger partial charge on any atom is -0.312 e. The van der Waals surface area contributed by atoms with E-state index in [1.165, 1.54) is 0 Å². The van der Waals surface area contributed by atoms with Gasteiger partial charge in [-0.2, -0.15) is 0 Å². The van der Waals surface area contributed by atoms with E-state index in [1.807, 2.05) is 50.8 Å². The second-order valence-corrected chi connectivity index (χ2v) is 7.23. The van der Waals surface area contributed by atoms with Gasteiger partial charge in [0, 0.05) is 23.7 Å². The Kier molecular flexibility index (Phi) is 4.87. The highest BCUT2D eigenvalue weighted by molar-refractivity contribution is 9.10. The molecular formula is C17H22BrNO2. The molecule has 0 radical (unpaired) electrons. The van der Waals surface area contributed by atoms with Gasteiger partial charge in [0.25, 0.3) is 0 Å². The van der Waals surface area contributed by atoms with Gasteiger partial charge >= 0.3 is 0 Å². The molecule has 1 aromatic carbocycles. The number of ketones is 1. The molecule has 1 aromatic rings. The van der Waals surface area contributed by atoms with Crippen molar-refractivity contribution in [2.75, 3.05) is 11.4 Å². The first kappa shape index (κ1) is 16.2. The normalized spacial score (nSPS) is 15.5. The van der Waals surface area contributed by atoms with Crippen molar-refractivity contribution in [3.8, 4) is 0 Å². The summed E-state index contributed by atoms with van der Waals surface area (Å²) in [4.78, 5) is 26.2. The zero-order chi connectivity index (χ0) is 15.7. The molecule has 0 N–H and O–H groups in total. The molecule has 0 aliphatic carbocycles. The van der Waals surface area contributed by atoms with E-state index in [4.69, 9.17) is 0 Å². The molecule has 0 fully saturated rings. The van der Waals surface area contributed by atoms with Crippen LogP contribution in [0.3, 0.4) is 0 Å². The van der Waals surface area contributed by atoms with Crippen LogP contribution in [-0.4, -0.2) is 23.1 Å². The van der Waals surface area contributed by atoms with Crippen molar-refractivity contribution in [2.24, 2.45) is 11.8 Å². The predicted molar refractivity (Wildman–Crippen MR) is 89.2 cm³/mol. The molecule has 21 heavy (non-hydrogen) atoms. The molecule has 0 bridgehead atoms. The molecular weight excluding hydrogens is 330 g/mol. The Morgan fingerprint density at radius 2 is 1.86 bits per heavy atom. The Labute approximate surface area is 134 Å². The van der Waals surface area contributed by atoms with Crippen LogP contribution in [0.1, 0.15) is 43.6 Å². The monoisotopic (exact) mass is 351 g/mol. The molecule has 1 aliphatic rings. The number of rotatable bonds is 4. The van der Waals surface area contributed by atoms with E-state index in [1.54, 1.807) is 0 Å². The average molecular weight is 352 g/mol. The van der Waals surface area contributed by atoms with E-state index in [9.17, 15) is 9.59 Å². The van der Waals surface area contributed by atoms with Crippen molar-refractivity contribution in [3.05, 3.63) is 29.3 Å². The maximum Gasteiger partial charge on any atom is 0.229 e. The van der Waals surface area contributed by atoms with Crippen LogP contribution in [0.5, 0.6) is 0 Å². The van der Waals surface area contributed by atoms with E-state index in [-0.39, 0.29) is 28.4 Å². The molecule has 1 unspecified atom stereocenters. The second kappa shape index (κ2) is 6.30. The lowest BCUT2D eigenvalue weighted by Crippen LogP contribution is -2.32. The van der Waals surface area contributed by atoms with Crippen molar-refractivity contribution >= 4 is 33.3 Å². The topological polar surface area (TPSA) is 37.4 Å². The first-order valence-electron chi connectivity index (χ1n) is 7.45. The number of nitrogens with zero attached hydrogens (tertiary/aromatic N) is 1. The lowest BCUT2D eigenvalue weighted by atomic mass is 9.98. The smallest absolute Gasteiger partial charge is 0.229 e. The van der Waals surface area contributed by atoms with Crippen LogP contribution >= 0.6 is 15.9 Å². The Bertz CT molecular complexity index is 566. The molecule has 1 amide bonds. The second-order valence-electron chi connectivity index (χ2n) is 6.25.